The molecule has 4 aromatic rings. The predicted octanol–water partition coefficient (Wildman–Crippen LogP) is -3.05. The van der Waals surface area contributed by atoms with Crippen LogP contribution in [0.15, 0.2) is 28.6 Å². The van der Waals surface area contributed by atoms with E-state index in [0.29, 0.717) is 0 Å². The molecule has 15 nitrogen and oxygen atoms in total. The van der Waals surface area contributed by atoms with Gasteiger partial charge in [0.2, 0.25) is 5.95 Å². The van der Waals surface area contributed by atoms with Crippen molar-refractivity contribution >= 4 is 28.3 Å². The number of aromatic nitrogens is 8. The topological polar surface area (TPSA) is 223 Å². The lowest BCUT2D eigenvalue weighted by molar-refractivity contribution is -0.108. The first-order chi connectivity index (χ1) is 14.4. The van der Waals surface area contributed by atoms with Crippen LogP contribution in [0.4, 0.5) is 5.95 Å². The average molecular weight is 417 g/mol. The van der Waals surface area contributed by atoms with E-state index < -0.39 is 41.9 Å². The number of nitrogen functional groups attached to an aromatic ring is 1. The first-order valence-electron chi connectivity index (χ1n) is 8.69. The third-order valence-electron chi connectivity index (χ3n) is 4.94. The number of nitrogens with zero attached hydrogens (tertiary/aromatic N) is 6. The number of hydrogen-bond acceptors (Lipinski definition) is 11. The molecule has 4 aromatic heterocycles. The summed E-state index contributed by atoms with van der Waals surface area (Å²) in [5.74, 6) is -0.187. The SMILES string of the molecule is Nc1nc2c(ncn2[C@H](O)[C@H]2O[C@@H](n3cnc4c(=O)[nH]cnc43)[C@H](O)[C@@H]2O)c(=O)[nH]1. The summed E-state index contributed by atoms with van der Waals surface area (Å²) in [7, 11) is 0. The Morgan fingerprint density at radius 1 is 1.07 bits per heavy atom. The van der Waals surface area contributed by atoms with Crippen molar-refractivity contribution in [3.05, 3.63) is 39.7 Å². The van der Waals surface area contributed by atoms with E-state index in [4.69, 9.17) is 10.5 Å². The van der Waals surface area contributed by atoms with Gasteiger partial charge in [-0.15, -0.1) is 0 Å². The van der Waals surface area contributed by atoms with E-state index in [1.54, 1.807) is 0 Å². The van der Waals surface area contributed by atoms with E-state index in [2.05, 4.69) is 29.9 Å². The van der Waals surface area contributed by atoms with Gasteiger partial charge in [0.15, 0.2) is 34.8 Å². The Bertz CT molecular complexity index is 1370. The van der Waals surface area contributed by atoms with Gasteiger partial charge in [-0.2, -0.15) is 4.98 Å². The Kier molecular flexibility index (Phi) is 3.93. The van der Waals surface area contributed by atoms with Gasteiger partial charge >= 0.3 is 0 Å². The van der Waals surface area contributed by atoms with E-state index >= 15 is 0 Å². The summed E-state index contributed by atoms with van der Waals surface area (Å²) >= 11 is 0. The molecule has 1 saturated heterocycles. The van der Waals surface area contributed by atoms with E-state index in [0.717, 1.165) is 17.2 Å². The van der Waals surface area contributed by atoms with Crippen molar-refractivity contribution in [3.8, 4) is 0 Å². The minimum absolute atomic E-state index is 0.0197. The zero-order valence-corrected chi connectivity index (χ0v) is 14.9. The molecule has 30 heavy (non-hydrogen) atoms. The number of anilines is 1. The van der Waals surface area contributed by atoms with Gasteiger partial charge in [0.1, 0.15) is 18.3 Å². The molecule has 156 valence electrons. The molecule has 0 saturated carbocycles. The fourth-order valence-electron chi connectivity index (χ4n) is 3.51. The van der Waals surface area contributed by atoms with E-state index in [1.807, 2.05) is 0 Å². The van der Waals surface area contributed by atoms with Gasteiger partial charge < -0.3 is 30.8 Å². The maximum absolute atomic E-state index is 11.9. The molecular formula is C15H15N9O6. The van der Waals surface area contributed by atoms with Crippen LogP contribution < -0.4 is 16.9 Å². The van der Waals surface area contributed by atoms with E-state index in [9.17, 15) is 24.9 Å². The quantitative estimate of drug-likeness (QED) is 0.196. The number of hydrogen-bond donors (Lipinski definition) is 6. The molecular weight excluding hydrogens is 402 g/mol. The zero-order valence-electron chi connectivity index (χ0n) is 14.9. The molecule has 5 heterocycles. The number of imidazole rings is 2. The van der Waals surface area contributed by atoms with Gasteiger partial charge in [-0.1, -0.05) is 0 Å². The van der Waals surface area contributed by atoms with Crippen LogP contribution in [0.3, 0.4) is 0 Å². The maximum Gasteiger partial charge on any atom is 0.280 e. The number of aliphatic hydroxyl groups is 3. The Morgan fingerprint density at radius 2 is 1.80 bits per heavy atom. The summed E-state index contributed by atoms with van der Waals surface area (Å²) in [5, 5.41) is 31.8. The second-order valence-corrected chi connectivity index (χ2v) is 6.72. The Hall–Kier alpha value is -3.66. The standard InChI is InChI=1S/C15H15N9O6/c16-15-21-10-5(12(28)22-15)19-2-23(10)13(29)8-6(25)7(26)14(30-8)24-3-20-4-9(24)17-1-18-11(4)27/h1-3,6-8,13-14,25-26,29H,(H,17,18,27)(H3,16,21,22,28)/t6-,7+,8-,13+,14+/m0/s1. The number of ether oxygens (including phenoxy) is 1. The molecule has 5 rings (SSSR count). The molecule has 0 aromatic carbocycles. The third kappa shape index (κ3) is 2.53. The Balaban J connectivity index is 1.53. The number of aromatic amines is 2. The molecule has 0 aliphatic carbocycles. The lowest BCUT2D eigenvalue weighted by atomic mass is 10.1. The molecule has 0 amide bonds. The highest BCUT2D eigenvalue weighted by Crippen LogP contribution is 2.35. The van der Waals surface area contributed by atoms with Crippen LogP contribution in [0.1, 0.15) is 12.5 Å². The molecule has 0 spiro atoms. The van der Waals surface area contributed by atoms with Gasteiger partial charge in [0, 0.05) is 0 Å². The van der Waals surface area contributed by atoms with Crippen molar-refractivity contribution in [2.75, 3.05) is 5.73 Å². The fourth-order valence-corrected chi connectivity index (χ4v) is 3.51. The summed E-state index contributed by atoms with van der Waals surface area (Å²) in [6.07, 6.45) is -3.61. The minimum Gasteiger partial charge on any atom is -0.387 e. The van der Waals surface area contributed by atoms with Crippen molar-refractivity contribution in [1.29, 1.82) is 0 Å². The summed E-state index contributed by atoms with van der Waals surface area (Å²) in [6, 6.07) is 0. The molecule has 0 bridgehead atoms. The van der Waals surface area contributed by atoms with Crippen molar-refractivity contribution in [3.63, 3.8) is 0 Å². The van der Waals surface area contributed by atoms with Gasteiger partial charge in [-0.05, 0) is 0 Å². The van der Waals surface area contributed by atoms with Gasteiger partial charge in [0.25, 0.3) is 11.1 Å². The second-order valence-electron chi connectivity index (χ2n) is 6.72. The van der Waals surface area contributed by atoms with Crippen molar-refractivity contribution in [2.45, 2.75) is 30.8 Å². The monoisotopic (exact) mass is 417 g/mol. The predicted molar refractivity (Wildman–Crippen MR) is 97.9 cm³/mol. The molecule has 1 aliphatic rings. The summed E-state index contributed by atoms with van der Waals surface area (Å²) in [4.78, 5) is 44.2. The second kappa shape index (κ2) is 6.42. The van der Waals surface area contributed by atoms with Crippen LogP contribution in [-0.2, 0) is 4.74 Å². The van der Waals surface area contributed by atoms with Crippen LogP contribution >= 0.6 is 0 Å². The number of fused-ring (bicyclic) bond motifs is 2. The summed E-state index contributed by atoms with van der Waals surface area (Å²) in [6.45, 7) is 0. The first-order valence-corrected chi connectivity index (χ1v) is 8.69. The molecule has 5 atom stereocenters. The Labute approximate surface area is 164 Å². The number of nitrogens with one attached hydrogen (secondary N) is 2. The molecule has 1 aliphatic heterocycles. The largest absolute Gasteiger partial charge is 0.387 e. The zero-order chi connectivity index (χ0) is 21.2. The van der Waals surface area contributed by atoms with Crippen LogP contribution in [-0.4, -0.2) is 72.7 Å². The van der Waals surface area contributed by atoms with Crippen LogP contribution in [0, 0.1) is 0 Å². The number of H-pyrrole nitrogens is 2. The summed E-state index contributed by atoms with van der Waals surface area (Å²) in [5.41, 5.74) is 4.51. The normalized spacial score (nSPS) is 25.3. The summed E-state index contributed by atoms with van der Waals surface area (Å²) < 4.78 is 8.07. The Morgan fingerprint density at radius 3 is 2.60 bits per heavy atom. The minimum atomic E-state index is -1.58. The molecule has 0 unspecified atom stereocenters. The lowest BCUT2D eigenvalue weighted by Crippen LogP contribution is -2.36. The van der Waals surface area contributed by atoms with Crippen LogP contribution in [0.25, 0.3) is 22.3 Å². The lowest BCUT2D eigenvalue weighted by Gasteiger charge is -2.22. The number of nitrogens with two attached hydrogens (primary N) is 1. The van der Waals surface area contributed by atoms with E-state index in [-0.39, 0.29) is 28.3 Å². The molecule has 0 radical (unpaired) electrons. The molecule has 15 heteroatoms. The number of aliphatic hydroxyl groups excluding tert-OH is 3. The fraction of sp³-hybridized carbons (Fsp3) is 0.333. The molecule has 1 fully saturated rings. The highest BCUT2D eigenvalue weighted by atomic mass is 16.6. The molecule has 7 N–H and O–H groups in total. The highest BCUT2D eigenvalue weighted by Gasteiger charge is 2.48. The van der Waals surface area contributed by atoms with Crippen molar-refractivity contribution in [1.82, 2.24) is 39.0 Å². The third-order valence-corrected chi connectivity index (χ3v) is 4.94. The smallest absolute Gasteiger partial charge is 0.280 e. The maximum atomic E-state index is 11.9. The van der Waals surface area contributed by atoms with Gasteiger partial charge in [-0.25, -0.2) is 15.0 Å². The van der Waals surface area contributed by atoms with E-state index in [1.165, 1.54) is 10.9 Å². The average Bonchev–Trinajstić information content (AvgIpc) is 3.39. The first kappa shape index (κ1) is 18.4. The van der Waals surface area contributed by atoms with Crippen LogP contribution in [0.5, 0.6) is 0 Å². The van der Waals surface area contributed by atoms with Crippen molar-refractivity contribution in [2.24, 2.45) is 0 Å². The van der Waals surface area contributed by atoms with Crippen LogP contribution in [0.2, 0.25) is 0 Å². The van der Waals surface area contributed by atoms with Gasteiger partial charge in [0.05, 0.1) is 19.0 Å². The van der Waals surface area contributed by atoms with Gasteiger partial charge in [-0.3, -0.25) is 23.7 Å². The van der Waals surface area contributed by atoms with Crippen molar-refractivity contribution < 1.29 is 20.1 Å². The number of rotatable bonds is 3. The highest BCUT2D eigenvalue weighted by molar-refractivity contribution is 5.70.